The molecule has 1 aliphatic heterocycles. The van der Waals surface area contributed by atoms with Crippen molar-refractivity contribution in [2.45, 2.75) is 31.6 Å². The number of ether oxygens (including phenoxy) is 2. The quantitative estimate of drug-likeness (QED) is 0.633. The lowest BCUT2D eigenvalue weighted by molar-refractivity contribution is -0.120. The zero-order valence-corrected chi connectivity index (χ0v) is 18.1. The molecule has 0 spiro atoms. The molecule has 164 valence electrons. The highest BCUT2D eigenvalue weighted by atomic mass is 16.7. The van der Waals surface area contributed by atoms with Crippen LogP contribution < -0.4 is 14.8 Å². The molecule has 2 heterocycles. The van der Waals surface area contributed by atoms with Crippen LogP contribution in [0.15, 0.2) is 54.7 Å². The Labute approximate surface area is 188 Å². The van der Waals surface area contributed by atoms with E-state index >= 15 is 0 Å². The summed E-state index contributed by atoms with van der Waals surface area (Å²) in [6, 6.07) is 15.2. The molecule has 0 saturated heterocycles. The zero-order chi connectivity index (χ0) is 22.3. The summed E-state index contributed by atoms with van der Waals surface area (Å²) in [6.07, 6.45) is 3.76. The Hall–Kier alpha value is -3.67. The minimum atomic E-state index is -0.447. The van der Waals surface area contributed by atoms with Crippen LogP contribution in [0.3, 0.4) is 0 Å². The number of nitrogens with zero attached hydrogens (tertiary/aromatic N) is 1. The predicted octanol–water partition coefficient (Wildman–Crippen LogP) is 4.23. The standard InChI is InChI=1S/C26H24N2O4.H2/c1-16-10-20(28-14-21(16)17-4-3-5-18(11-17)25(30)27-2)13-24(29)26(8-9-26)19-6-7-22-23(12-19)32-15-31-22;/h3-7,10-12,14H,8-9,13,15H2,1-2H3,(H,27,30);1H. The van der Waals surface area contributed by atoms with E-state index in [1.807, 2.05) is 49.4 Å². The highest BCUT2D eigenvalue weighted by molar-refractivity contribution is 5.96. The van der Waals surface area contributed by atoms with E-state index in [0.29, 0.717) is 11.3 Å². The monoisotopic (exact) mass is 430 g/mol. The second kappa shape index (κ2) is 7.79. The molecule has 1 aromatic heterocycles. The third kappa shape index (κ3) is 3.51. The number of carbonyl (C=O) groups excluding carboxylic acids is 2. The maximum atomic E-state index is 13.3. The number of aryl methyl sites for hydroxylation is 1. The van der Waals surface area contributed by atoms with Crippen LogP contribution in [0.2, 0.25) is 0 Å². The Morgan fingerprint density at radius 1 is 1.09 bits per heavy atom. The van der Waals surface area contributed by atoms with Gasteiger partial charge in [0.1, 0.15) is 5.78 Å². The average Bonchev–Trinajstić information content (AvgIpc) is 3.49. The van der Waals surface area contributed by atoms with E-state index in [2.05, 4.69) is 10.3 Å². The van der Waals surface area contributed by atoms with E-state index in [4.69, 9.17) is 9.47 Å². The number of hydrogen-bond acceptors (Lipinski definition) is 5. The number of fused-ring (bicyclic) bond motifs is 1. The van der Waals surface area contributed by atoms with Crippen molar-refractivity contribution in [1.29, 1.82) is 0 Å². The van der Waals surface area contributed by atoms with Crippen LogP contribution in [0.25, 0.3) is 11.1 Å². The molecule has 2 aromatic carbocycles. The summed E-state index contributed by atoms with van der Waals surface area (Å²) in [5, 5.41) is 2.65. The Morgan fingerprint density at radius 2 is 1.91 bits per heavy atom. The highest BCUT2D eigenvalue weighted by Crippen LogP contribution is 2.51. The average molecular weight is 431 g/mol. The maximum Gasteiger partial charge on any atom is 0.251 e. The normalized spacial score (nSPS) is 15.3. The van der Waals surface area contributed by atoms with Crippen LogP contribution in [-0.4, -0.2) is 30.5 Å². The molecule has 5 rings (SSSR count). The first-order valence-electron chi connectivity index (χ1n) is 10.7. The fourth-order valence-corrected chi connectivity index (χ4v) is 4.37. The van der Waals surface area contributed by atoms with Gasteiger partial charge in [-0.05, 0) is 66.8 Å². The van der Waals surface area contributed by atoms with Crippen LogP contribution in [0.4, 0.5) is 0 Å². The number of amides is 1. The van der Waals surface area contributed by atoms with Gasteiger partial charge in [-0.3, -0.25) is 14.6 Å². The maximum absolute atomic E-state index is 13.3. The van der Waals surface area contributed by atoms with Crippen LogP contribution >= 0.6 is 0 Å². The number of nitrogens with one attached hydrogen (secondary N) is 1. The molecule has 32 heavy (non-hydrogen) atoms. The highest BCUT2D eigenvalue weighted by Gasteiger charge is 2.51. The summed E-state index contributed by atoms with van der Waals surface area (Å²) in [6.45, 7) is 2.23. The van der Waals surface area contributed by atoms with Crippen LogP contribution in [-0.2, 0) is 16.6 Å². The van der Waals surface area contributed by atoms with Crippen molar-refractivity contribution in [2.75, 3.05) is 13.8 Å². The third-order valence-corrected chi connectivity index (χ3v) is 6.38. The van der Waals surface area contributed by atoms with E-state index < -0.39 is 5.41 Å². The van der Waals surface area contributed by atoms with Crippen LogP contribution in [0.1, 0.15) is 41.4 Å². The van der Waals surface area contributed by atoms with E-state index in [1.54, 1.807) is 19.3 Å². The van der Waals surface area contributed by atoms with Crippen molar-refractivity contribution < 1.29 is 20.5 Å². The molecule has 6 heteroatoms. The molecule has 0 atom stereocenters. The van der Waals surface area contributed by atoms with E-state index in [9.17, 15) is 9.59 Å². The van der Waals surface area contributed by atoms with Crippen LogP contribution in [0.5, 0.6) is 11.5 Å². The fourth-order valence-electron chi connectivity index (χ4n) is 4.37. The Bertz CT molecular complexity index is 1240. The first kappa shape index (κ1) is 20.2. The molecule has 0 unspecified atom stereocenters. The zero-order valence-electron chi connectivity index (χ0n) is 18.1. The molecular weight excluding hydrogens is 404 g/mol. The van der Waals surface area contributed by atoms with Gasteiger partial charge in [0.15, 0.2) is 11.5 Å². The molecule has 1 saturated carbocycles. The SMILES string of the molecule is CNC(=O)c1cccc(-c2cnc(CC(=O)C3(c4ccc5c(c4)OCO5)CC3)cc2C)c1.[HH]. The molecule has 0 radical (unpaired) electrons. The summed E-state index contributed by atoms with van der Waals surface area (Å²) in [7, 11) is 1.61. The first-order valence-corrected chi connectivity index (χ1v) is 10.7. The molecule has 0 bridgehead atoms. The topological polar surface area (TPSA) is 77.5 Å². The van der Waals surface area contributed by atoms with Crippen molar-refractivity contribution in [3.63, 3.8) is 0 Å². The van der Waals surface area contributed by atoms with E-state index in [1.165, 1.54) is 0 Å². The lowest BCUT2D eigenvalue weighted by Gasteiger charge is -2.16. The van der Waals surface area contributed by atoms with Crippen LogP contribution in [0, 0.1) is 6.92 Å². The van der Waals surface area contributed by atoms with Gasteiger partial charge in [0.2, 0.25) is 6.79 Å². The van der Waals surface area contributed by atoms with Crippen molar-refractivity contribution in [1.82, 2.24) is 10.3 Å². The minimum Gasteiger partial charge on any atom is -0.454 e. The molecule has 1 amide bonds. The molecule has 1 fully saturated rings. The number of hydrogen-bond donors (Lipinski definition) is 1. The first-order chi connectivity index (χ1) is 15.5. The lowest BCUT2D eigenvalue weighted by atomic mass is 9.88. The Morgan fingerprint density at radius 3 is 2.66 bits per heavy atom. The van der Waals surface area contributed by atoms with E-state index in [-0.39, 0.29) is 26.3 Å². The fraction of sp³-hybridized carbons (Fsp3) is 0.269. The van der Waals surface area contributed by atoms with Gasteiger partial charge < -0.3 is 14.8 Å². The third-order valence-electron chi connectivity index (χ3n) is 6.38. The van der Waals surface area contributed by atoms with Gasteiger partial charge in [-0.15, -0.1) is 0 Å². The van der Waals surface area contributed by atoms with Gasteiger partial charge in [-0.2, -0.15) is 0 Å². The lowest BCUT2D eigenvalue weighted by Crippen LogP contribution is -2.23. The predicted molar refractivity (Wildman–Crippen MR) is 122 cm³/mol. The van der Waals surface area contributed by atoms with Gasteiger partial charge in [0, 0.05) is 37.9 Å². The van der Waals surface area contributed by atoms with Crippen molar-refractivity contribution in [3.05, 3.63) is 77.1 Å². The smallest absolute Gasteiger partial charge is 0.251 e. The number of benzene rings is 2. The van der Waals surface area contributed by atoms with Crippen molar-refractivity contribution >= 4 is 11.7 Å². The number of aromatic nitrogens is 1. The minimum absolute atomic E-state index is 0. The summed E-state index contributed by atoms with van der Waals surface area (Å²) in [4.78, 5) is 29.8. The Balaban J connectivity index is 0.00000259. The summed E-state index contributed by atoms with van der Waals surface area (Å²) in [5.74, 6) is 1.49. The molecule has 3 aromatic rings. The molecule has 1 aliphatic carbocycles. The molecular formula is C26H26N2O4. The van der Waals surface area contributed by atoms with Gasteiger partial charge >= 0.3 is 0 Å². The largest absolute Gasteiger partial charge is 0.454 e. The van der Waals surface area contributed by atoms with Crippen molar-refractivity contribution in [3.8, 4) is 22.6 Å². The van der Waals surface area contributed by atoms with Gasteiger partial charge in [0.25, 0.3) is 5.91 Å². The second-order valence-electron chi connectivity index (χ2n) is 8.40. The number of pyridine rings is 1. The number of rotatable bonds is 6. The summed E-state index contributed by atoms with van der Waals surface area (Å²) < 4.78 is 10.9. The summed E-state index contributed by atoms with van der Waals surface area (Å²) >= 11 is 0. The van der Waals surface area contributed by atoms with Gasteiger partial charge in [0.05, 0.1) is 5.41 Å². The van der Waals surface area contributed by atoms with Gasteiger partial charge in [-0.25, -0.2) is 0 Å². The van der Waals surface area contributed by atoms with Gasteiger partial charge in [-0.1, -0.05) is 18.2 Å². The van der Waals surface area contributed by atoms with E-state index in [0.717, 1.165) is 46.5 Å². The van der Waals surface area contributed by atoms with Crippen molar-refractivity contribution in [2.24, 2.45) is 0 Å². The second-order valence-corrected chi connectivity index (χ2v) is 8.40. The Kier molecular flexibility index (Phi) is 4.93. The number of ketones is 1. The molecule has 1 N–H and O–H groups in total. The number of Topliss-reactive ketones (excluding diaryl/α,β-unsaturated/α-hetero) is 1. The molecule has 6 nitrogen and oxygen atoms in total. The molecule has 2 aliphatic rings. The number of carbonyl (C=O) groups is 2. The summed E-state index contributed by atoms with van der Waals surface area (Å²) in [5.41, 5.74) is 4.79.